The van der Waals surface area contributed by atoms with Gasteiger partial charge in [-0.1, -0.05) is 18.2 Å². The molecule has 1 amide bonds. The molecule has 4 aromatic rings. The second kappa shape index (κ2) is 6.82. The maximum Gasteiger partial charge on any atom is 0.272 e. The summed E-state index contributed by atoms with van der Waals surface area (Å²) >= 11 is 0. The van der Waals surface area contributed by atoms with Crippen LogP contribution >= 0.6 is 0 Å². The molecule has 1 aliphatic heterocycles. The second-order valence-electron chi connectivity index (χ2n) is 7.65. The summed E-state index contributed by atoms with van der Waals surface area (Å²) in [4.78, 5) is 30.7. The molecule has 0 bridgehead atoms. The van der Waals surface area contributed by atoms with Crippen LogP contribution in [0.4, 0.5) is 15.8 Å². The Kier molecular flexibility index (Phi) is 4.19. The highest BCUT2D eigenvalue weighted by Gasteiger charge is 2.46. The number of H-pyrrole nitrogens is 1. The Hall–Kier alpha value is -3.91. The van der Waals surface area contributed by atoms with Gasteiger partial charge in [0.2, 0.25) is 0 Å². The van der Waals surface area contributed by atoms with E-state index in [4.69, 9.17) is 0 Å². The van der Waals surface area contributed by atoms with E-state index in [9.17, 15) is 19.1 Å². The van der Waals surface area contributed by atoms with Crippen LogP contribution in [0.15, 0.2) is 65.7 Å². The van der Waals surface area contributed by atoms with Crippen LogP contribution in [-0.4, -0.2) is 26.2 Å². The number of nitrogens with zero attached hydrogens (tertiary/aromatic N) is 3. The first-order chi connectivity index (χ1) is 14.9. The Morgan fingerprint density at radius 3 is 2.74 bits per heavy atom. The minimum Gasteiger partial charge on any atom is -0.375 e. The van der Waals surface area contributed by atoms with Crippen molar-refractivity contribution in [2.75, 3.05) is 4.90 Å². The summed E-state index contributed by atoms with van der Waals surface area (Å²) in [7, 11) is 0. The van der Waals surface area contributed by atoms with Crippen molar-refractivity contribution in [1.82, 2.24) is 15.2 Å². The van der Waals surface area contributed by atoms with Gasteiger partial charge in [-0.05, 0) is 42.8 Å². The minimum atomic E-state index is -1.64. The van der Waals surface area contributed by atoms with Crippen molar-refractivity contribution in [2.45, 2.75) is 18.9 Å². The molecule has 31 heavy (non-hydrogen) atoms. The van der Waals surface area contributed by atoms with Crippen LogP contribution in [-0.2, 0) is 16.8 Å². The van der Waals surface area contributed by atoms with Crippen molar-refractivity contribution in [1.29, 1.82) is 0 Å². The molecule has 5 rings (SSSR count). The molecule has 2 aromatic carbocycles. The number of pyridine rings is 1. The van der Waals surface area contributed by atoms with Gasteiger partial charge in [0.1, 0.15) is 5.82 Å². The smallest absolute Gasteiger partial charge is 0.272 e. The van der Waals surface area contributed by atoms with Gasteiger partial charge in [0.15, 0.2) is 5.60 Å². The molecule has 0 aliphatic carbocycles. The topological polar surface area (TPSA) is 99.2 Å². The highest BCUT2D eigenvalue weighted by molar-refractivity contribution is 6.11. The van der Waals surface area contributed by atoms with Crippen molar-refractivity contribution >= 4 is 28.1 Å². The van der Waals surface area contributed by atoms with Crippen LogP contribution in [0.5, 0.6) is 0 Å². The molecular formula is C23H17FN4O3. The van der Waals surface area contributed by atoms with Gasteiger partial charge in [-0.25, -0.2) is 9.49 Å². The van der Waals surface area contributed by atoms with E-state index in [-0.39, 0.29) is 6.42 Å². The molecule has 0 fully saturated rings. The number of aromatic nitrogens is 3. The zero-order valence-corrected chi connectivity index (χ0v) is 16.5. The average molecular weight is 416 g/mol. The van der Waals surface area contributed by atoms with Crippen LogP contribution in [0.2, 0.25) is 0 Å². The highest BCUT2D eigenvalue weighted by Crippen LogP contribution is 2.43. The standard InChI is InChI=1S/C23H17FN4O3/c1-23(31)18-4-2-3-5-20(18)28(22(23)30)15-8-13(11-25-12-15)9-19-17-10-14(24)6-7-16(17)21(29)27-26-19/h2-8,10-12,31H,9H2,1H3,(H,27,29). The first-order valence-electron chi connectivity index (χ1n) is 9.63. The van der Waals surface area contributed by atoms with E-state index in [1.54, 1.807) is 36.5 Å². The number of hydrogen-bond donors (Lipinski definition) is 2. The third-order valence-electron chi connectivity index (χ3n) is 5.53. The van der Waals surface area contributed by atoms with Gasteiger partial charge in [0.25, 0.3) is 11.5 Å². The summed E-state index contributed by atoms with van der Waals surface area (Å²) < 4.78 is 13.8. The van der Waals surface area contributed by atoms with Gasteiger partial charge in [0, 0.05) is 23.6 Å². The Bertz CT molecular complexity index is 1410. The molecule has 2 aromatic heterocycles. The van der Waals surface area contributed by atoms with Gasteiger partial charge in [-0.3, -0.25) is 19.5 Å². The van der Waals surface area contributed by atoms with E-state index in [2.05, 4.69) is 15.2 Å². The average Bonchev–Trinajstić information content (AvgIpc) is 2.96. The molecule has 0 saturated heterocycles. The van der Waals surface area contributed by atoms with Crippen molar-refractivity contribution in [3.05, 3.63) is 93.9 Å². The van der Waals surface area contributed by atoms with Gasteiger partial charge in [0.05, 0.1) is 28.7 Å². The van der Waals surface area contributed by atoms with E-state index in [1.165, 1.54) is 36.2 Å². The number of benzene rings is 2. The molecule has 3 heterocycles. The number of carbonyl (C=O) groups is 1. The lowest BCUT2D eigenvalue weighted by Gasteiger charge is -2.20. The molecular weight excluding hydrogens is 399 g/mol. The third kappa shape index (κ3) is 3.00. The van der Waals surface area contributed by atoms with Gasteiger partial charge < -0.3 is 5.11 Å². The summed E-state index contributed by atoms with van der Waals surface area (Å²) in [6.45, 7) is 1.47. The van der Waals surface area contributed by atoms with Crippen molar-refractivity contribution < 1.29 is 14.3 Å². The molecule has 0 radical (unpaired) electrons. The molecule has 1 aliphatic rings. The van der Waals surface area contributed by atoms with Crippen LogP contribution in [0.25, 0.3) is 10.8 Å². The van der Waals surface area contributed by atoms with Crippen LogP contribution in [0.1, 0.15) is 23.7 Å². The number of para-hydroxylation sites is 1. The Balaban J connectivity index is 1.57. The summed E-state index contributed by atoms with van der Waals surface area (Å²) in [6.07, 6.45) is 3.42. The number of halogens is 1. The predicted molar refractivity (Wildman–Crippen MR) is 113 cm³/mol. The number of rotatable bonds is 3. The summed E-state index contributed by atoms with van der Waals surface area (Å²) in [5.74, 6) is -0.933. The number of fused-ring (bicyclic) bond motifs is 2. The van der Waals surface area contributed by atoms with Crippen LogP contribution in [0, 0.1) is 5.82 Å². The van der Waals surface area contributed by atoms with Crippen molar-refractivity contribution in [3.63, 3.8) is 0 Å². The number of hydrogen-bond acceptors (Lipinski definition) is 5. The molecule has 8 heteroatoms. The number of nitrogens with one attached hydrogen (secondary N) is 1. The predicted octanol–water partition coefficient (Wildman–Crippen LogP) is 2.93. The first kappa shape index (κ1) is 19.1. The molecule has 1 unspecified atom stereocenters. The van der Waals surface area contributed by atoms with Crippen molar-refractivity contribution in [3.8, 4) is 0 Å². The third-order valence-corrected chi connectivity index (χ3v) is 5.53. The first-order valence-corrected chi connectivity index (χ1v) is 9.63. The van der Waals surface area contributed by atoms with Crippen LogP contribution in [0.3, 0.4) is 0 Å². The zero-order chi connectivity index (χ0) is 21.8. The fourth-order valence-corrected chi connectivity index (χ4v) is 3.99. The lowest BCUT2D eigenvalue weighted by atomic mass is 9.98. The van der Waals surface area contributed by atoms with Gasteiger partial charge in [-0.2, -0.15) is 5.10 Å². The summed E-state index contributed by atoms with van der Waals surface area (Å²) in [6, 6.07) is 12.7. The van der Waals surface area contributed by atoms with E-state index in [0.717, 1.165) is 0 Å². The molecule has 0 spiro atoms. The van der Waals surface area contributed by atoms with E-state index in [0.29, 0.717) is 39.0 Å². The maximum atomic E-state index is 13.8. The summed E-state index contributed by atoms with van der Waals surface area (Å²) in [5.41, 5.74) is 0.758. The molecule has 0 saturated carbocycles. The second-order valence-corrected chi connectivity index (χ2v) is 7.65. The largest absolute Gasteiger partial charge is 0.375 e. The number of aromatic amines is 1. The Morgan fingerprint density at radius 1 is 1.10 bits per heavy atom. The number of anilines is 2. The zero-order valence-electron chi connectivity index (χ0n) is 16.5. The van der Waals surface area contributed by atoms with Crippen LogP contribution < -0.4 is 10.5 Å². The molecule has 7 nitrogen and oxygen atoms in total. The lowest BCUT2D eigenvalue weighted by Crippen LogP contribution is -2.35. The molecule has 154 valence electrons. The monoisotopic (exact) mass is 416 g/mol. The van der Waals surface area contributed by atoms with E-state index in [1.807, 2.05) is 0 Å². The van der Waals surface area contributed by atoms with Gasteiger partial charge in [-0.15, -0.1) is 0 Å². The molecule has 1 atom stereocenters. The fourth-order valence-electron chi connectivity index (χ4n) is 3.99. The maximum absolute atomic E-state index is 13.8. The fraction of sp³-hybridized carbons (Fsp3) is 0.130. The summed E-state index contributed by atoms with van der Waals surface area (Å²) in [5, 5.41) is 18.0. The number of amides is 1. The minimum absolute atomic E-state index is 0.262. The molecule has 2 N–H and O–H groups in total. The highest BCUT2D eigenvalue weighted by atomic mass is 19.1. The quantitative estimate of drug-likeness (QED) is 0.535. The number of carbonyl (C=O) groups excluding carboxylic acids is 1. The SMILES string of the molecule is CC1(O)C(=O)N(c2cncc(Cc3n[nH]c(=O)c4ccc(F)cc34)c2)c2ccccc21. The van der Waals surface area contributed by atoms with Gasteiger partial charge >= 0.3 is 0 Å². The number of aliphatic hydroxyl groups is 1. The van der Waals surface area contributed by atoms with E-state index >= 15 is 0 Å². The van der Waals surface area contributed by atoms with E-state index < -0.39 is 22.9 Å². The van der Waals surface area contributed by atoms with Crippen molar-refractivity contribution in [2.24, 2.45) is 0 Å². The normalized spacial score (nSPS) is 17.9. The Labute approximate surface area is 175 Å². The Morgan fingerprint density at radius 2 is 1.90 bits per heavy atom. The lowest BCUT2D eigenvalue weighted by molar-refractivity contribution is -0.133.